The van der Waals surface area contributed by atoms with Crippen LogP contribution in [0.3, 0.4) is 0 Å². The summed E-state index contributed by atoms with van der Waals surface area (Å²) in [5, 5.41) is 0. The minimum atomic E-state index is 0.616. The lowest BCUT2D eigenvalue weighted by Gasteiger charge is -2.19. The zero-order valence-electron chi connectivity index (χ0n) is 14.9. The molecule has 0 N–H and O–H groups in total. The summed E-state index contributed by atoms with van der Waals surface area (Å²) in [4.78, 5) is 0. The van der Waals surface area contributed by atoms with Gasteiger partial charge in [-0.25, -0.2) is 0 Å². The molecule has 0 amide bonds. The first-order valence-electron chi connectivity index (χ1n) is 9.24. The minimum absolute atomic E-state index is 0.616. The zero-order valence-corrected chi connectivity index (χ0v) is 14.9. The average Bonchev–Trinajstić information content (AvgIpc) is 3.18. The second-order valence-electron chi connectivity index (χ2n) is 7.96. The van der Waals surface area contributed by atoms with Crippen molar-refractivity contribution in [2.45, 2.75) is 53.4 Å². The third-order valence-electron chi connectivity index (χ3n) is 6.21. The molecule has 120 valence electrons. The Kier molecular flexibility index (Phi) is 3.59. The third kappa shape index (κ3) is 2.53. The van der Waals surface area contributed by atoms with Gasteiger partial charge >= 0.3 is 0 Å². The van der Waals surface area contributed by atoms with Gasteiger partial charge in [0.15, 0.2) is 0 Å². The first-order chi connectivity index (χ1) is 11.1. The van der Waals surface area contributed by atoms with Gasteiger partial charge in [-0.15, -0.1) is 0 Å². The van der Waals surface area contributed by atoms with Crippen molar-refractivity contribution in [2.75, 3.05) is 0 Å². The monoisotopic (exact) mass is 304 g/mol. The predicted octanol–water partition coefficient (Wildman–Crippen LogP) is 6.09. The largest absolute Gasteiger partial charge is 0.0798 e. The topological polar surface area (TPSA) is 0 Å². The molecule has 0 aromatic heterocycles. The standard InChI is InChI=1S/C23H28/c1-14-9-10-15(2)18(11-14)13-22-17(4)23(21-12-16(21)3)20-8-6-5-7-19(20)22/h7-11,16,21-22H,5-6,12-13H2,1-4H3. The molecule has 0 saturated heterocycles. The molecule has 0 spiro atoms. The van der Waals surface area contributed by atoms with E-state index >= 15 is 0 Å². The molecule has 23 heavy (non-hydrogen) atoms. The molecule has 1 aromatic rings. The summed E-state index contributed by atoms with van der Waals surface area (Å²) in [6, 6.07) is 6.92. The van der Waals surface area contributed by atoms with Crippen LogP contribution in [0.4, 0.5) is 0 Å². The molecule has 0 radical (unpaired) electrons. The Balaban J connectivity index is 1.72. The maximum absolute atomic E-state index is 2.54. The van der Waals surface area contributed by atoms with E-state index in [2.05, 4.69) is 58.0 Å². The number of aryl methyl sites for hydroxylation is 2. The Labute approximate surface area is 141 Å². The van der Waals surface area contributed by atoms with Crippen LogP contribution in [-0.4, -0.2) is 0 Å². The SMILES string of the molecule is CC1=C(C2CC2C)C2=CCCC=C2C1Cc1cc(C)ccc1C. The summed E-state index contributed by atoms with van der Waals surface area (Å²) in [7, 11) is 0. The predicted molar refractivity (Wildman–Crippen MR) is 98.5 cm³/mol. The first-order valence-corrected chi connectivity index (χ1v) is 9.24. The van der Waals surface area contributed by atoms with Gasteiger partial charge in [0.1, 0.15) is 0 Å². The highest BCUT2D eigenvalue weighted by molar-refractivity contribution is 5.62. The highest BCUT2D eigenvalue weighted by Gasteiger charge is 2.43. The van der Waals surface area contributed by atoms with Crippen molar-refractivity contribution in [2.24, 2.45) is 17.8 Å². The lowest BCUT2D eigenvalue weighted by atomic mass is 9.85. The van der Waals surface area contributed by atoms with Crippen molar-refractivity contribution in [1.29, 1.82) is 0 Å². The molecule has 3 aliphatic carbocycles. The summed E-state index contributed by atoms with van der Waals surface area (Å²) < 4.78 is 0. The van der Waals surface area contributed by atoms with Crippen LogP contribution < -0.4 is 0 Å². The average molecular weight is 304 g/mol. The van der Waals surface area contributed by atoms with Gasteiger partial charge in [0.05, 0.1) is 0 Å². The van der Waals surface area contributed by atoms with Gasteiger partial charge < -0.3 is 0 Å². The Hall–Kier alpha value is -1.56. The molecule has 1 saturated carbocycles. The summed E-state index contributed by atoms with van der Waals surface area (Å²) in [5.74, 6) is 2.35. The van der Waals surface area contributed by atoms with Crippen LogP contribution in [0, 0.1) is 31.6 Å². The van der Waals surface area contributed by atoms with E-state index in [0.717, 1.165) is 11.8 Å². The Morgan fingerprint density at radius 3 is 2.52 bits per heavy atom. The molecular formula is C23H28. The normalized spacial score (nSPS) is 29.3. The van der Waals surface area contributed by atoms with Gasteiger partial charge in [-0.2, -0.15) is 0 Å². The van der Waals surface area contributed by atoms with E-state index in [0.29, 0.717) is 5.92 Å². The van der Waals surface area contributed by atoms with Gasteiger partial charge in [-0.3, -0.25) is 0 Å². The van der Waals surface area contributed by atoms with Crippen LogP contribution in [0.25, 0.3) is 0 Å². The summed E-state index contributed by atoms with van der Waals surface area (Å²) in [5.41, 5.74) is 11.0. The quantitative estimate of drug-likeness (QED) is 0.633. The highest BCUT2D eigenvalue weighted by atomic mass is 14.5. The van der Waals surface area contributed by atoms with Gasteiger partial charge in [0, 0.05) is 5.92 Å². The van der Waals surface area contributed by atoms with Gasteiger partial charge in [0.2, 0.25) is 0 Å². The van der Waals surface area contributed by atoms with Crippen molar-refractivity contribution < 1.29 is 0 Å². The molecule has 0 heterocycles. The van der Waals surface area contributed by atoms with Crippen LogP contribution in [0.1, 0.15) is 49.8 Å². The number of hydrogen-bond acceptors (Lipinski definition) is 0. The van der Waals surface area contributed by atoms with Crippen LogP contribution in [0.2, 0.25) is 0 Å². The zero-order chi connectivity index (χ0) is 16.1. The van der Waals surface area contributed by atoms with E-state index in [1.54, 1.807) is 22.3 Å². The van der Waals surface area contributed by atoms with Crippen LogP contribution in [-0.2, 0) is 6.42 Å². The Morgan fingerprint density at radius 1 is 1.04 bits per heavy atom. The molecule has 0 aliphatic heterocycles. The third-order valence-corrected chi connectivity index (χ3v) is 6.21. The van der Waals surface area contributed by atoms with Crippen LogP contribution in [0.15, 0.2) is 52.6 Å². The second-order valence-corrected chi connectivity index (χ2v) is 7.96. The fourth-order valence-electron chi connectivity index (χ4n) is 4.64. The number of allylic oxidation sites excluding steroid dienone is 6. The minimum Gasteiger partial charge on any atom is -0.0798 e. The Morgan fingerprint density at radius 2 is 1.78 bits per heavy atom. The molecule has 0 bridgehead atoms. The number of benzene rings is 1. The smallest absolute Gasteiger partial charge is 0.00948 e. The molecule has 0 nitrogen and oxygen atoms in total. The van der Waals surface area contributed by atoms with Gasteiger partial charge in [0.25, 0.3) is 0 Å². The van der Waals surface area contributed by atoms with E-state index in [9.17, 15) is 0 Å². The maximum atomic E-state index is 2.54. The van der Waals surface area contributed by atoms with Crippen molar-refractivity contribution >= 4 is 0 Å². The number of hydrogen-bond donors (Lipinski definition) is 0. The van der Waals surface area contributed by atoms with E-state index in [1.807, 2.05) is 0 Å². The van der Waals surface area contributed by atoms with Gasteiger partial charge in [-0.1, -0.05) is 48.4 Å². The Bertz CT molecular complexity index is 741. The van der Waals surface area contributed by atoms with Crippen molar-refractivity contribution in [3.8, 4) is 0 Å². The summed E-state index contributed by atoms with van der Waals surface area (Å²) >= 11 is 0. The van der Waals surface area contributed by atoms with Gasteiger partial charge in [-0.05, 0) is 86.1 Å². The van der Waals surface area contributed by atoms with Crippen molar-refractivity contribution in [3.63, 3.8) is 0 Å². The molecule has 1 aromatic carbocycles. The summed E-state index contributed by atoms with van der Waals surface area (Å²) in [6.45, 7) is 9.30. The molecule has 4 rings (SSSR count). The van der Waals surface area contributed by atoms with Crippen molar-refractivity contribution in [3.05, 3.63) is 69.3 Å². The van der Waals surface area contributed by atoms with Crippen LogP contribution >= 0.6 is 0 Å². The molecule has 3 atom stereocenters. The molecule has 3 unspecified atom stereocenters. The molecule has 1 fully saturated rings. The highest BCUT2D eigenvalue weighted by Crippen LogP contribution is 2.55. The lowest BCUT2D eigenvalue weighted by Crippen LogP contribution is -2.08. The van der Waals surface area contributed by atoms with E-state index in [-0.39, 0.29) is 0 Å². The molecular weight excluding hydrogens is 276 g/mol. The summed E-state index contributed by atoms with van der Waals surface area (Å²) in [6.07, 6.45) is 10.1. The molecule has 3 aliphatic rings. The van der Waals surface area contributed by atoms with E-state index in [4.69, 9.17) is 0 Å². The maximum Gasteiger partial charge on any atom is 0.00948 e. The molecule has 0 heteroatoms. The fraction of sp³-hybridized carbons (Fsp3) is 0.478. The van der Waals surface area contributed by atoms with Crippen molar-refractivity contribution in [1.82, 2.24) is 0 Å². The van der Waals surface area contributed by atoms with E-state index in [1.165, 1.54) is 42.4 Å². The number of rotatable bonds is 3. The fourth-order valence-corrected chi connectivity index (χ4v) is 4.64. The first kappa shape index (κ1) is 15.0. The lowest BCUT2D eigenvalue weighted by molar-refractivity contribution is 0.721. The number of fused-ring (bicyclic) bond motifs is 1. The van der Waals surface area contributed by atoms with E-state index < -0.39 is 0 Å². The van der Waals surface area contributed by atoms with Crippen LogP contribution in [0.5, 0.6) is 0 Å². The second kappa shape index (κ2) is 5.51.